The number of non-ortho nitro benzene ring substituents is 1. The number of benzene rings is 1. The molecule has 1 aromatic rings. The number of hydrogen-bond acceptors (Lipinski definition) is 4. The highest BCUT2D eigenvalue weighted by molar-refractivity contribution is 7.89. The maximum atomic E-state index is 12.4. The van der Waals surface area contributed by atoms with Crippen LogP contribution in [0.1, 0.15) is 13.3 Å². The Bertz CT molecular complexity index is 652. The number of hydrogen-bond donors (Lipinski definition) is 0. The van der Waals surface area contributed by atoms with E-state index < -0.39 is 14.9 Å². The van der Waals surface area contributed by atoms with Crippen LogP contribution in [0.2, 0.25) is 5.02 Å². The predicted octanol–water partition coefficient (Wildman–Crippen LogP) is 2.28. The molecule has 1 rings (SSSR count). The van der Waals surface area contributed by atoms with Crippen LogP contribution < -0.4 is 0 Å². The summed E-state index contributed by atoms with van der Waals surface area (Å²) >= 11 is 5.85. The summed E-state index contributed by atoms with van der Waals surface area (Å²) in [5.74, 6) is 2.26. The molecule has 0 aliphatic carbocycles. The highest BCUT2D eigenvalue weighted by Gasteiger charge is 2.27. The van der Waals surface area contributed by atoms with Crippen molar-refractivity contribution in [3.8, 4) is 12.3 Å². The fraction of sp³-hybridized carbons (Fsp3) is 0.333. The number of nitro groups is 1. The summed E-state index contributed by atoms with van der Waals surface area (Å²) in [6.07, 6.45) is 5.72. The molecule has 1 aromatic carbocycles. The fourth-order valence-electron chi connectivity index (χ4n) is 1.58. The van der Waals surface area contributed by atoms with Crippen LogP contribution in [0.5, 0.6) is 0 Å². The second-order valence-corrected chi connectivity index (χ2v) is 6.23. The van der Waals surface area contributed by atoms with Gasteiger partial charge >= 0.3 is 0 Å². The molecule has 0 N–H and O–H groups in total. The van der Waals surface area contributed by atoms with Gasteiger partial charge in [-0.05, 0) is 12.5 Å². The van der Waals surface area contributed by atoms with Crippen molar-refractivity contribution < 1.29 is 13.3 Å². The van der Waals surface area contributed by atoms with Gasteiger partial charge in [0.25, 0.3) is 5.69 Å². The zero-order valence-corrected chi connectivity index (χ0v) is 12.3. The largest absolute Gasteiger partial charge is 0.270 e. The molecule has 0 bridgehead atoms. The normalized spacial score (nSPS) is 11.3. The van der Waals surface area contributed by atoms with Crippen molar-refractivity contribution in [2.75, 3.05) is 13.1 Å². The van der Waals surface area contributed by atoms with E-state index in [-0.39, 0.29) is 28.7 Å². The van der Waals surface area contributed by atoms with Gasteiger partial charge in [-0.1, -0.05) is 24.4 Å². The Balaban J connectivity index is 3.36. The second kappa shape index (κ2) is 6.70. The molecule has 0 aromatic heterocycles. The van der Waals surface area contributed by atoms with Crippen LogP contribution in [-0.2, 0) is 10.0 Å². The van der Waals surface area contributed by atoms with Crippen LogP contribution in [0.25, 0.3) is 0 Å². The van der Waals surface area contributed by atoms with Crippen LogP contribution in [0.15, 0.2) is 23.1 Å². The summed E-state index contributed by atoms with van der Waals surface area (Å²) in [5.41, 5.74) is -0.342. The van der Waals surface area contributed by atoms with Crippen LogP contribution in [-0.4, -0.2) is 30.7 Å². The van der Waals surface area contributed by atoms with E-state index in [2.05, 4.69) is 5.92 Å². The van der Waals surface area contributed by atoms with Gasteiger partial charge in [-0.15, -0.1) is 6.42 Å². The lowest BCUT2D eigenvalue weighted by molar-refractivity contribution is -0.385. The van der Waals surface area contributed by atoms with Gasteiger partial charge in [0, 0.05) is 18.7 Å². The van der Waals surface area contributed by atoms with Crippen molar-refractivity contribution in [1.29, 1.82) is 0 Å². The summed E-state index contributed by atoms with van der Waals surface area (Å²) in [5, 5.41) is 10.7. The highest BCUT2D eigenvalue weighted by Crippen LogP contribution is 2.28. The maximum absolute atomic E-state index is 12.4. The first kappa shape index (κ1) is 16.4. The van der Waals surface area contributed by atoms with E-state index >= 15 is 0 Å². The molecule has 0 saturated heterocycles. The maximum Gasteiger partial charge on any atom is 0.270 e. The van der Waals surface area contributed by atoms with Crippen molar-refractivity contribution in [2.45, 2.75) is 18.2 Å². The quantitative estimate of drug-likeness (QED) is 0.458. The first-order valence-corrected chi connectivity index (χ1v) is 7.54. The topological polar surface area (TPSA) is 80.5 Å². The van der Waals surface area contributed by atoms with Crippen LogP contribution in [0.3, 0.4) is 0 Å². The van der Waals surface area contributed by atoms with Crippen molar-refractivity contribution in [3.63, 3.8) is 0 Å². The van der Waals surface area contributed by atoms with E-state index in [4.69, 9.17) is 18.0 Å². The SMILES string of the molecule is C#CCN(CCC)S(=O)(=O)c1cc([N+](=O)[O-])ccc1Cl. The zero-order valence-electron chi connectivity index (χ0n) is 10.7. The Labute approximate surface area is 122 Å². The third-order valence-electron chi connectivity index (χ3n) is 2.48. The van der Waals surface area contributed by atoms with Crippen molar-refractivity contribution in [2.24, 2.45) is 0 Å². The van der Waals surface area contributed by atoms with Gasteiger partial charge in [0.2, 0.25) is 10.0 Å². The van der Waals surface area contributed by atoms with Crippen molar-refractivity contribution in [3.05, 3.63) is 33.3 Å². The fourth-order valence-corrected chi connectivity index (χ4v) is 3.52. The molecule has 0 atom stereocenters. The van der Waals surface area contributed by atoms with Gasteiger partial charge in [0.15, 0.2) is 0 Å². The van der Waals surface area contributed by atoms with Gasteiger partial charge in [-0.3, -0.25) is 10.1 Å². The first-order valence-electron chi connectivity index (χ1n) is 5.72. The molecule has 0 aliphatic heterocycles. The predicted molar refractivity (Wildman–Crippen MR) is 76.0 cm³/mol. The molecule has 108 valence electrons. The first-order chi connectivity index (χ1) is 9.34. The lowest BCUT2D eigenvalue weighted by Gasteiger charge is -2.19. The van der Waals surface area contributed by atoms with Gasteiger partial charge < -0.3 is 0 Å². The number of nitrogens with zero attached hydrogens (tertiary/aromatic N) is 2. The average molecular weight is 317 g/mol. The van der Waals surface area contributed by atoms with Crippen LogP contribution in [0, 0.1) is 22.5 Å². The molecule has 0 spiro atoms. The summed E-state index contributed by atoms with van der Waals surface area (Å²) in [7, 11) is -3.96. The van der Waals surface area contributed by atoms with Crippen molar-refractivity contribution >= 4 is 27.3 Å². The molecule has 0 aliphatic rings. The van der Waals surface area contributed by atoms with Gasteiger partial charge in [0.05, 0.1) is 16.5 Å². The second-order valence-electron chi connectivity index (χ2n) is 3.91. The van der Waals surface area contributed by atoms with Gasteiger partial charge in [-0.25, -0.2) is 8.42 Å². The summed E-state index contributed by atoms with van der Waals surface area (Å²) in [6.45, 7) is 1.90. The van der Waals surface area contributed by atoms with Crippen molar-refractivity contribution in [1.82, 2.24) is 4.31 Å². The molecule has 0 fully saturated rings. The Hall–Kier alpha value is -1.62. The Morgan fingerprint density at radius 2 is 2.15 bits per heavy atom. The standard InChI is InChI=1S/C12H13ClN2O4S/c1-3-7-14(8-4-2)20(18,19)12-9-10(15(16)17)5-6-11(12)13/h1,5-6,9H,4,7-8H2,2H3. The number of halogens is 1. The molecular weight excluding hydrogens is 304 g/mol. The highest BCUT2D eigenvalue weighted by atomic mass is 35.5. The number of nitro benzene ring substituents is 1. The Morgan fingerprint density at radius 3 is 2.65 bits per heavy atom. The average Bonchev–Trinajstić information content (AvgIpc) is 2.38. The number of rotatable bonds is 6. The molecular formula is C12H13ClN2O4S. The van der Waals surface area contributed by atoms with E-state index in [1.165, 1.54) is 6.07 Å². The van der Waals surface area contributed by atoms with E-state index in [1.54, 1.807) is 6.92 Å². The molecule has 0 radical (unpaired) electrons. The van der Waals surface area contributed by atoms with Crippen LogP contribution in [0.4, 0.5) is 5.69 Å². The summed E-state index contributed by atoms with van der Waals surface area (Å²) < 4.78 is 25.9. The molecule has 0 saturated carbocycles. The van der Waals surface area contributed by atoms with E-state index in [0.29, 0.717) is 6.42 Å². The minimum absolute atomic E-state index is 0.0753. The number of terminal acetylenes is 1. The minimum Gasteiger partial charge on any atom is -0.258 e. The number of sulfonamides is 1. The minimum atomic E-state index is -3.96. The third kappa shape index (κ3) is 3.48. The van der Waals surface area contributed by atoms with E-state index in [0.717, 1.165) is 16.4 Å². The molecule has 0 unspecified atom stereocenters. The smallest absolute Gasteiger partial charge is 0.258 e. The molecule has 0 heterocycles. The summed E-state index contributed by atoms with van der Waals surface area (Å²) in [6, 6.07) is 3.27. The molecule has 20 heavy (non-hydrogen) atoms. The zero-order chi connectivity index (χ0) is 15.3. The Kier molecular flexibility index (Phi) is 5.51. The lowest BCUT2D eigenvalue weighted by atomic mass is 10.3. The van der Waals surface area contributed by atoms with Gasteiger partial charge in [-0.2, -0.15) is 4.31 Å². The van der Waals surface area contributed by atoms with E-state index in [9.17, 15) is 18.5 Å². The van der Waals surface area contributed by atoms with Crippen LogP contribution >= 0.6 is 11.6 Å². The Morgan fingerprint density at radius 1 is 1.50 bits per heavy atom. The molecule has 6 nitrogen and oxygen atoms in total. The third-order valence-corrected chi connectivity index (χ3v) is 4.81. The molecule has 0 amide bonds. The van der Waals surface area contributed by atoms with E-state index in [1.807, 2.05) is 0 Å². The lowest BCUT2D eigenvalue weighted by Crippen LogP contribution is -2.32. The monoisotopic (exact) mass is 316 g/mol. The molecule has 8 heteroatoms. The van der Waals surface area contributed by atoms with Gasteiger partial charge in [0.1, 0.15) is 4.90 Å². The summed E-state index contributed by atoms with van der Waals surface area (Å²) in [4.78, 5) is 9.75.